The van der Waals surface area contributed by atoms with Gasteiger partial charge in [-0.2, -0.15) is 0 Å². The van der Waals surface area contributed by atoms with Gasteiger partial charge in [0, 0.05) is 5.92 Å². The molecule has 4 aliphatic rings. The maximum absolute atomic E-state index is 12.3. The first-order valence-electron chi connectivity index (χ1n) is 10.5. The predicted molar refractivity (Wildman–Crippen MR) is 97.8 cm³/mol. The van der Waals surface area contributed by atoms with E-state index in [0.717, 1.165) is 38.5 Å². The summed E-state index contributed by atoms with van der Waals surface area (Å²) in [5, 5.41) is 21.5. The fraction of sp³-hybridized carbons (Fsp3) is 0.955. The third-order valence-electron chi connectivity index (χ3n) is 9.42. The number of ketones is 1. The fourth-order valence-electron chi connectivity index (χ4n) is 8.51. The molecule has 0 unspecified atom stereocenters. The van der Waals surface area contributed by atoms with Crippen molar-refractivity contribution in [3.8, 4) is 0 Å². The van der Waals surface area contributed by atoms with E-state index in [1.165, 1.54) is 6.42 Å². The van der Waals surface area contributed by atoms with Crippen molar-refractivity contribution in [2.75, 3.05) is 0 Å². The third-order valence-corrected chi connectivity index (χ3v) is 9.42. The molecule has 0 aromatic heterocycles. The van der Waals surface area contributed by atoms with Gasteiger partial charge in [0.1, 0.15) is 5.78 Å². The second-order valence-electron chi connectivity index (χ2n) is 10.6. The molecule has 25 heavy (non-hydrogen) atoms. The molecule has 3 heteroatoms. The summed E-state index contributed by atoms with van der Waals surface area (Å²) in [4.78, 5) is 12.3. The first-order valence-corrected chi connectivity index (χ1v) is 10.5. The van der Waals surface area contributed by atoms with Gasteiger partial charge in [0.15, 0.2) is 0 Å². The van der Waals surface area contributed by atoms with E-state index in [2.05, 4.69) is 20.8 Å². The molecule has 0 spiro atoms. The zero-order chi connectivity index (χ0) is 18.1. The maximum Gasteiger partial charge on any atom is 0.133 e. The topological polar surface area (TPSA) is 57.5 Å². The van der Waals surface area contributed by atoms with E-state index in [-0.39, 0.29) is 29.0 Å². The molecule has 0 saturated heterocycles. The van der Waals surface area contributed by atoms with Crippen LogP contribution in [-0.2, 0) is 4.79 Å². The van der Waals surface area contributed by atoms with Crippen LogP contribution < -0.4 is 0 Å². The molecule has 10 atom stereocenters. The zero-order valence-corrected chi connectivity index (χ0v) is 16.4. The van der Waals surface area contributed by atoms with Gasteiger partial charge in [0.2, 0.25) is 0 Å². The summed E-state index contributed by atoms with van der Waals surface area (Å²) in [5.41, 5.74) is 0.139. The lowest BCUT2D eigenvalue weighted by Gasteiger charge is -2.64. The summed E-state index contributed by atoms with van der Waals surface area (Å²) >= 11 is 0. The Hall–Kier alpha value is -0.410. The first-order chi connectivity index (χ1) is 11.7. The molecule has 4 saturated carbocycles. The van der Waals surface area contributed by atoms with Gasteiger partial charge < -0.3 is 10.2 Å². The van der Waals surface area contributed by atoms with Crippen molar-refractivity contribution in [1.82, 2.24) is 0 Å². The third kappa shape index (κ3) is 2.41. The Morgan fingerprint density at radius 1 is 1.00 bits per heavy atom. The Bertz CT molecular complexity index is 559. The second kappa shape index (κ2) is 5.79. The molecule has 0 heterocycles. The van der Waals surface area contributed by atoms with Gasteiger partial charge in [-0.1, -0.05) is 20.8 Å². The minimum absolute atomic E-state index is 0.0104. The number of fused-ring (bicyclic) bond motifs is 5. The summed E-state index contributed by atoms with van der Waals surface area (Å²) in [6.07, 6.45) is 6.52. The first kappa shape index (κ1) is 18.0. The highest BCUT2D eigenvalue weighted by Crippen LogP contribution is 2.68. The van der Waals surface area contributed by atoms with Crippen molar-refractivity contribution in [3.05, 3.63) is 0 Å². The van der Waals surface area contributed by atoms with Crippen LogP contribution in [0.4, 0.5) is 0 Å². The van der Waals surface area contributed by atoms with Crippen LogP contribution in [0, 0.1) is 46.3 Å². The molecule has 0 radical (unpaired) electrons. The van der Waals surface area contributed by atoms with Crippen molar-refractivity contribution in [3.63, 3.8) is 0 Å². The van der Waals surface area contributed by atoms with Crippen molar-refractivity contribution in [1.29, 1.82) is 0 Å². The average Bonchev–Trinajstić information content (AvgIpc) is 2.85. The lowest BCUT2D eigenvalue weighted by Crippen LogP contribution is -2.61. The molecule has 0 aliphatic heterocycles. The number of carbonyl (C=O) groups is 1. The van der Waals surface area contributed by atoms with E-state index >= 15 is 0 Å². The smallest absolute Gasteiger partial charge is 0.133 e. The molecule has 0 bridgehead atoms. The van der Waals surface area contributed by atoms with Gasteiger partial charge in [-0.15, -0.1) is 0 Å². The molecule has 0 aromatic carbocycles. The molecule has 3 nitrogen and oxygen atoms in total. The molecular formula is C22H36O3. The Morgan fingerprint density at radius 2 is 1.72 bits per heavy atom. The van der Waals surface area contributed by atoms with Crippen LogP contribution in [0.3, 0.4) is 0 Å². The van der Waals surface area contributed by atoms with Crippen LogP contribution in [0.2, 0.25) is 0 Å². The number of rotatable bonds is 1. The highest BCUT2D eigenvalue weighted by Gasteiger charge is 2.64. The fourth-order valence-corrected chi connectivity index (χ4v) is 8.51. The summed E-state index contributed by atoms with van der Waals surface area (Å²) in [7, 11) is 0. The van der Waals surface area contributed by atoms with Gasteiger partial charge in [0.25, 0.3) is 0 Å². The summed E-state index contributed by atoms with van der Waals surface area (Å²) < 4.78 is 0. The van der Waals surface area contributed by atoms with Crippen LogP contribution >= 0.6 is 0 Å². The number of aliphatic hydroxyl groups excluding tert-OH is 2. The normalized spacial score (nSPS) is 58.2. The molecule has 0 aromatic rings. The van der Waals surface area contributed by atoms with Crippen LogP contribution in [0.5, 0.6) is 0 Å². The quantitative estimate of drug-likeness (QED) is 0.757. The van der Waals surface area contributed by atoms with E-state index in [1.54, 1.807) is 6.92 Å². The van der Waals surface area contributed by atoms with E-state index in [9.17, 15) is 15.0 Å². The van der Waals surface area contributed by atoms with Crippen molar-refractivity contribution in [2.24, 2.45) is 46.3 Å². The van der Waals surface area contributed by atoms with E-state index < -0.39 is 0 Å². The Labute approximate surface area is 152 Å². The highest BCUT2D eigenvalue weighted by molar-refractivity contribution is 5.79. The summed E-state index contributed by atoms with van der Waals surface area (Å²) in [5.74, 6) is 3.08. The van der Waals surface area contributed by atoms with E-state index in [0.29, 0.717) is 35.4 Å². The Morgan fingerprint density at radius 3 is 2.40 bits per heavy atom. The van der Waals surface area contributed by atoms with E-state index in [1.807, 2.05) is 0 Å². The van der Waals surface area contributed by atoms with Gasteiger partial charge in [-0.3, -0.25) is 4.79 Å². The lowest BCUT2D eigenvalue weighted by atomic mass is 9.42. The molecular weight excluding hydrogens is 312 g/mol. The van der Waals surface area contributed by atoms with Crippen LogP contribution in [0.1, 0.15) is 72.6 Å². The minimum atomic E-state index is -0.290. The molecule has 4 aliphatic carbocycles. The highest BCUT2D eigenvalue weighted by atomic mass is 16.3. The number of aliphatic hydroxyl groups is 2. The molecule has 4 fully saturated rings. The SMILES string of the molecule is CC(=O)[C@H]1CC[C@H]2[C@@H]3C[C@@H](C)[C@H]4C[C@H](O)CC[C@]4(C)[C@H]3[C@@H](O)C[C@]12C. The lowest BCUT2D eigenvalue weighted by molar-refractivity contribution is -0.192. The molecule has 142 valence electrons. The maximum atomic E-state index is 12.3. The van der Waals surface area contributed by atoms with Gasteiger partial charge in [-0.05, 0) is 92.3 Å². The number of Topliss-reactive ketones (excluding diaryl/α,β-unsaturated/α-hetero) is 1. The summed E-state index contributed by atoms with van der Waals surface area (Å²) in [6, 6.07) is 0. The van der Waals surface area contributed by atoms with Gasteiger partial charge in [0.05, 0.1) is 12.2 Å². The van der Waals surface area contributed by atoms with Crippen molar-refractivity contribution in [2.45, 2.75) is 84.8 Å². The number of carbonyl (C=O) groups excluding carboxylic acids is 1. The second-order valence-corrected chi connectivity index (χ2v) is 10.6. The van der Waals surface area contributed by atoms with Crippen LogP contribution in [-0.4, -0.2) is 28.2 Å². The zero-order valence-electron chi connectivity index (χ0n) is 16.4. The molecule has 2 N–H and O–H groups in total. The van der Waals surface area contributed by atoms with Crippen molar-refractivity contribution >= 4 is 5.78 Å². The number of hydrogen-bond acceptors (Lipinski definition) is 3. The van der Waals surface area contributed by atoms with Crippen LogP contribution in [0.15, 0.2) is 0 Å². The Kier molecular flexibility index (Phi) is 4.16. The molecule has 0 amide bonds. The predicted octanol–water partition coefficient (Wildman–Crippen LogP) is 3.81. The van der Waals surface area contributed by atoms with Gasteiger partial charge in [-0.25, -0.2) is 0 Å². The van der Waals surface area contributed by atoms with Gasteiger partial charge >= 0.3 is 0 Å². The largest absolute Gasteiger partial charge is 0.393 e. The standard InChI is InChI=1S/C22H36O3/c1-12-9-15-17-6-5-16(13(2)23)22(17,4)11-19(25)20(15)21(3)8-7-14(24)10-18(12)21/h12,14-20,24-25H,5-11H2,1-4H3/t12-,14-,15+,16-,17+,18-,19+,20-,21+,22-/m1/s1. The Balaban J connectivity index is 1.71. The van der Waals surface area contributed by atoms with Crippen molar-refractivity contribution < 1.29 is 15.0 Å². The monoisotopic (exact) mass is 348 g/mol. The number of hydrogen-bond donors (Lipinski definition) is 2. The average molecular weight is 349 g/mol. The van der Waals surface area contributed by atoms with E-state index in [4.69, 9.17) is 0 Å². The van der Waals surface area contributed by atoms with Crippen LogP contribution in [0.25, 0.3) is 0 Å². The minimum Gasteiger partial charge on any atom is -0.393 e. The molecule has 4 rings (SSSR count). The summed E-state index contributed by atoms with van der Waals surface area (Å²) in [6.45, 7) is 8.81.